The number of nitrogens with zero attached hydrogens (tertiary/aromatic N) is 4. The number of aromatic nitrogens is 4. The number of methoxy groups -OCH3 is 1. The van der Waals surface area contributed by atoms with Crippen LogP contribution in [-0.4, -0.2) is 96.0 Å². The van der Waals surface area contributed by atoms with Crippen LogP contribution in [0.2, 0.25) is 5.28 Å². The molecule has 2 aromatic rings. The maximum Gasteiger partial charge on any atom is 0.510 e. The maximum atomic E-state index is 12.1. The molecule has 206 valence electrons. The second kappa shape index (κ2) is 13.1. The van der Waals surface area contributed by atoms with Gasteiger partial charge in [-0.3, -0.25) is 13.7 Å². The molecule has 2 aliphatic heterocycles. The normalized spacial score (nSPS) is 23.3. The molecule has 0 spiro atoms. The first-order valence-electron chi connectivity index (χ1n) is 11.6. The van der Waals surface area contributed by atoms with Crippen LogP contribution in [0.15, 0.2) is 6.33 Å². The number of anilines is 1. The van der Waals surface area contributed by atoms with Crippen molar-refractivity contribution in [3.63, 3.8) is 0 Å². The Morgan fingerprint density at radius 1 is 1.30 bits per heavy atom. The summed E-state index contributed by atoms with van der Waals surface area (Å²) in [6.45, 7) is 0.745. The van der Waals surface area contributed by atoms with Gasteiger partial charge in [0.25, 0.3) is 0 Å². The van der Waals surface area contributed by atoms with E-state index < -0.39 is 26.9 Å². The van der Waals surface area contributed by atoms with Gasteiger partial charge < -0.3 is 38.6 Å². The fraction of sp³-hybridized carbons (Fsp3) is 0.700. The molecule has 2 aliphatic rings. The SMILES string of the molecule is COCCOC(=O)OCOP(=O)(O)COC[C@@H]1CC[C@H](n2cnc3c(N[C@H]4CCOC4)nc(Cl)nc32)O1. The number of carbonyl (C=O) groups is 1. The molecule has 15 nitrogen and oxygen atoms in total. The van der Waals surface area contributed by atoms with E-state index in [-0.39, 0.29) is 43.5 Å². The summed E-state index contributed by atoms with van der Waals surface area (Å²) < 4.78 is 49.3. The quantitative estimate of drug-likeness (QED) is 0.119. The molecule has 0 saturated carbocycles. The van der Waals surface area contributed by atoms with Crippen molar-refractivity contribution in [2.24, 2.45) is 0 Å². The van der Waals surface area contributed by atoms with E-state index in [1.807, 2.05) is 0 Å². The second-order valence-electron chi connectivity index (χ2n) is 8.28. The molecule has 0 aliphatic carbocycles. The standard InChI is InChI=1S/C20H29ClN5O10P/c1-30-6-7-33-20(27)34-11-35-37(28,29)12-32-9-14-2-3-15(36-14)26-10-22-16-17(23-13-4-5-31-8-13)24-19(21)25-18(16)26/h10,13-15H,2-9,11-12H2,1H3,(H,28,29)(H,23,24,25)/t13-,14-,15+/m0/s1. The molecule has 37 heavy (non-hydrogen) atoms. The summed E-state index contributed by atoms with van der Waals surface area (Å²) in [5.74, 6) is 0.535. The molecular formula is C20H29ClN5O10P. The summed E-state index contributed by atoms with van der Waals surface area (Å²) in [6.07, 6.45) is 1.41. The molecule has 4 atom stereocenters. The lowest BCUT2D eigenvalue weighted by molar-refractivity contribution is -0.0374. The Morgan fingerprint density at radius 2 is 2.16 bits per heavy atom. The van der Waals surface area contributed by atoms with E-state index in [2.05, 4.69) is 29.7 Å². The van der Waals surface area contributed by atoms with Crippen molar-refractivity contribution >= 4 is 42.3 Å². The van der Waals surface area contributed by atoms with Crippen molar-refractivity contribution in [1.82, 2.24) is 19.5 Å². The highest BCUT2D eigenvalue weighted by Gasteiger charge is 2.30. The van der Waals surface area contributed by atoms with E-state index in [0.717, 1.165) is 6.42 Å². The van der Waals surface area contributed by atoms with Gasteiger partial charge in [0.05, 0.1) is 38.3 Å². The number of hydrogen-bond donors (Lipinski definition) is 2. The van der Waals surface area contributed by atoms with Gasteiger partial charge >= 0.3 is 13.8 Å². The van der Waals surface area contributed by atoms with Gasteiger partial charge in [0, 0.05) is 13.7 Å². The zero-order valence-electron chi connectivity index (χ0n) is 20.1. The zero-order chi connectivity index (χ0) is 26.3. The molecule has 4 heterocycles. The monoisotopic (exact) mass is 565 g/mol. The van der Waals surface area contributed by atoms with Gasteiger partial charge in [-0.05, 0) is 30.9 Å². The van der Waals surface area contributed by atoms with Crippen molar-refractivity contribution in [1.29, 1.82) is 0 Å². The van der Waals surface area contributed by atoms with Crippen LogP contribution in [0, 0.1) is 0 Å². The van der Waals surface area contributed by atoms with E-state index in [1.165, 1.54) is 7.11 Å². The largest absolute Gasteiger partial charge is 0.510 e. The number of halogens is 1. The Hall–Kier alpha value is -2.10. The lowest BCUT2D eigenvalue weighted by Gasteiger charge is -2.17. The minimum atomic E-state index is -4.16. The van der Waals surface area contributed by atoms with Gasteiger partial charge in [0.2, 0.25) is 12.1 Å². The minimum absolute atomic E-state index is 0.0135. The molecule has 4 rings (SSSR count). The fourth-order valence-electron chi connectivity index (χ4n) is 3.80. The van der Waals surface area contributed by atoms with Crippen LogP contribution in [0.1, 0.15) is 25.5 Å². The first-order chi connectivity index (χ1) is 17.8. The summed E-state index contributed by atoms with van der Waals surface area (Å²) in [7, 11) is -2.71. The third-order valence-corrected chi connectivity index (χ3v) is 6.74. The second-order valence-corrected chi connectivity index (χ2v) is 10.4. The summed E-state index contributed by atoms with van der Waals surface area (Å²) in [4.78, 5) is 34.2. The fourth-order valence-corrected chi connectivity index (χ4v) is 4.59. The van der Waals surface area contributed by atoms with Gasteiger partial charge in [-0.25, -0.2) is 9.78 Å². The first-order valence-corrected chi connectivity index (χ1v) is 13.7. The van der Waals surface area contributed by atoms with Gasteiger partial charge in [-0.2, -0.15) is 9.97 Å². The number of nitrogens with one attached hydrogen (secondary N) is 1. The average molecular weight is 566 g/mol. The van der Waals surface area contributed by atoms with Crippen LogP contribution in [0.4, 0.5) is 10.6 Å². The topological polar surface area (TPSA) is 175 Å². The van der Waals surface area contributed by atoms with Crippen molar-refractivity contribution in [3.8, 4) is 0 Å². The number of carbonyl (C=O) groups excluding carboxylic acids is 1. The van der Waals surface area contributed by atoms with Crippen molar-refractivity contribution in [2.75, 3.05) is 58.6 Å². The van der Waals surface area contributed by atoms with Crippen LogP contribution >= 0.6 is 19.2 Å². The lowest BCUT2D eigenvalue weighted by Crippen LogP contribution is -2.20. The zero-order valence-corrected chi connectivity index (χ0v) is 21.8. The molecule has 2 N–H and O–H groups in total. The van der Waals surface area contributed by atoms with Crippen molar-refractivity contribution < 1.29 is 47.2 Å². The Balaban J connectivity index is 1.23. The molecule has 0 radical (unpaired) electrons. The number of imidazole rings is 1. The van der Waals surface area contributed by atoms with Crippen LogP contribution < -0.4 is 5.32 Å². The molecular weight excluding hydrogens is 537 g/mol. The third kappa shape index (κ3) is 7.94. The van der Waals surface area contributed by atoms with Gasteiger partial charge in [-0.1, -0.05) is 0 Å². The van der Waals surface area contributed by atoms with Crippen LogP contribution in [0.3, 0.4) is 0 Å². The Kier molecular flexibility index (Phi) is 9.90. The Labute approximate surface area is 217 Å². The third-order valence-electron chi connectivity index (χ3n) is 5.56. The molecule has 17 heteroatoms. The molecule has 2 fully saturated rings. The lowest BCUT2D eigenvalue weighted by atomic mass is 10.2. The number of rotatable bonds is 13. The van der Waals surface area contributed by atoms with E-state index >= 15 is 0 Å². The van der Waals surface area contributed by atoms with E-state index in [0.29, 0.717) is 43.0 Å². The van der Waals surface area contributed by atoms with Crippen LogP contribution in [0.5, 0.6) is 0 Å². The molecule has 0 bridgehead atoms. The molecule has 2 saturated heterocycles. The number of ether oxygens (including phenoxy) is 6. The summed E-state index contributed by atoms with van der Waals surface area (Å²) in [5, 5.41) is 3.40. The van der Waals surface area contributed by atoms with Gasteiger partial charge in [0.15, 0.2) is 17.0 Å². The predicted molar refractivity (Wildman–Crippen MR) is 127 cm³/mol. The molecule has 1 unspecified atom stereocenters. The number of fused-ring (bicyclic) bond motifs is 1. The highest BCUT2D eigenvalue weighted by molar-refractivity contribution is 7.52. The average Bonchev–Trinajstić information content (AvgIpc) is 3.60. The van der Waals surface area contributed by atoms with Gasteiger partial charge in [0.1, 0.15) is 19.2 Å². The first kappa shape index (κ1) is 27.9. The smallest absolute Gasteiger partial charge is 0.432 e. The van der Waals surface area contributed by atoms with E-state index in [4.69, 9.17) is 35.1 Å². The Morgan fingerprint density at radius 3 is 2.95 bits per heavy atom. The highest BCUT2D eigenvalue weighted by Crippen LogP contribution is 2.42. The molecule has 0 aromatic carbocycles. The van der Waals surface area contributed by atoms with Gasteiger partial charge in [-0.15, -0.1) is 0 Å². The summed E-state index contributed by atoms with van der Waals surface area (Å²) in [6, 6.07) is 0.122. The number of hydrogen-bond acceptors (Lipinski definition) is 13. The van der Waals surface area contributed by atoms with Crippen LogP contribution in [-0.2, 0) is 37.5 Å². The minimum Gasteiger partial charge on any atom is -0.432 e. The maximum absolute atomic E-state index is 12.1. The molecule has 0 amide bonds. The summed E-state index contributed by atoms with van der Waals surface area (Å²) in [5.41, 5.74) is 1.10. The van der Waals surface area contributed by atoms with Crippen molar-refractivity contribution in [2.45, 2.75) is 37.6 Å². The van der Waals surface area contributed by atoms with Crippen LogP contribution in [0.25, 0.3) is 11.2 Å². The Bertz CT molecular complexity index is 1100. The van der Waals surface area contributed by atoms with E-state index in [1.54, 1.807) is 10.9 Å². The highest BCUT2D eigenvalue weighted by atomic mass is 35.5. The molecule has 2 aromatic heterocycles. The summed E-state index contributed by atoms with van der Waals surface area (Å²) >= 11 is 6.17. The predicted octanol–water partition coefficient (Wildman–Crippen LogP) is 2.29. The van der Waals surface area contributed by atoms with Crippen molar-refractivity contribution in [3.05, 3.63) is 11.6 Å². The van der Waals surface area contributed by atoms with E-state index in [9.17, 15) is 14.3 Å².